The molecule has 0 saturated heterocycles. The first-order chi connectivity index (χ1) is 9.74. The van der Waals surface area contributed by atoms with Crippen molar-refractivity contribution in [2.45, 2.75) is 38.6 Å². The van der Waals surface area contributed by atoms with Gasteiger partial charge in [-0.3, -0.25) is 9.20 Å². The summed E-state index contributed by atoms with van der Waals surface area (Å²) in [4.78, 5) is 17.2. The third kappa shape index (κ3) is 2.77. The molecule has 2 unspecified atom stereocenters. The molecule has 106 valence electrons. The summed E-state index contributed by atoms with van der Waals surface area (Å²) < 4.78 is 1.98. The average molecular weight is 289 g/mol. The topological polar surface area (TPSA) is 46.4 Å². The lowest BCUT2D eigenvalue weighted by molar-refractivity contribution is -0.117. The second kappa shape index (κ2) is 5.79. The Morgan fingerprint density at radius 1 is 1.50 bits per heavy atom. The fourth-order valence-electron chi connectivity index (χ4n) is 2.79. The number of carbonyl (C=O) groups excluding carboxylic acids is 1. The van der Waals surface area contributed by atoms with E-state index in [9.17, 15) is 4.79 Å². The minimum absolute atomic E-state index is 0.00562. The van der Waals surface area contributed by atoms with Crippen LogP contribution in [0, 0.1) is 5.92 Å². The summed E-state index contributed by atoms with van der Waals surface area (Å²) >= 11 is 1.59. The molecular weight excluding hydrogens is 270 g/mol. The molecule has 2 heterocycles. The second-order valence-electron chi connectivity index (χ2n) is 5.45. The van der Waals surface area contributed by atoms with Crippen LogP contribution in [0.3, 0.4) is 0 Å². The van der Waals surface area contributed by atoms with Crippen LogP contribution in [0.25, 0.3) is 11.0 Å². The van der Waals surface area contributed by atoms with E-state index >= 15 is 0 Å². The normalized spacial score (nSPS) is 23.4. The Morgan fingerprint density at radius 3 is 3.20 bits per heavy atom. The molecule has 1 saturated carbocycles. The van der Waals surface area contributed by atoms with E-state index in [0.717, 1.165) is 17.1 Å². The number of imidazole rings is 1. The van der Waals surface area contributed by atoms with Gasteiger partial charge in [0.25, 0.3) is 0 Å². The highest BCUT2D eigenvalue weighted by Gasteiger charge is 2.21. The zero-order valence-corrected chi connectivity index (χ0v) is 12.4. The van der Waals surface area contributed by atoms with Gasteiger partial charge in [0.1, 0.15) is 0 Å². The third-order valence-corrected chi connectivity index (χ3v) is 4.79. The number of aromatic nitrogens is 2. The van der Waals surface area contributed by atoms with Crippen LogP contribution in [-0.2, 0) is 4.79 Å². The Hall–Kier alpha value is -1.62. The van der Waals surface area contributed by atoms with Crippen molar-refractivity contribution in [3.63, 3.8) is 0 Å². The number of hydrogen-bond acceptors (Lipinski definition) is 3. The average Bonchev–Trinajstić information content (AvgIpc) is 3.02. The van der Waals surface area contributed by atoms with E-state index in [1.165, 1.54) is 19.3 Å². The number of fused-ring (bicyclic) bond motifs is 1. The quantitative estimate of drug-likeness (QED) is 0.883. The summed E-state index contributed by atoms with van der Waals surface area (Å²) in [6, 6.07) is 0.326. The Labute approximate surface area is 122 Å². The number of thiazole rings is 1. The van der Waals surface area contributed by atoms with Gasteiger partial charge >= 0.3 is 0 Å². The van der Waals surface area contributed by atoms with Crippen LogP contribution in [0.2, 0.25) is 0 Å². The van der Waals surface area contributed by atoms with Crippen molar-refractivity contribution in [2.75, 3.05) is 0 Å². The predicted octanol–water partition coefficient (Wildman–Crippen LogP) is 3.10. The van der Waals surface area contributed by atoms with Crippen molar-refractivity contribution >= 4 is 28.3 Å². The molecule has 1 amide bonds. The van der Waals surface area contributed by atoms with Crippen molar-refractivity contribution < 1.29 is 4.79 Å². The van der Waals surface area contributed by atoms with E-state index in [0.29, 0.717) is 12.0 Å². The number of carbonyl (C=O) groups is 1. The van der Waals surface area contributed by atoms with Crippen molar-refractivity contribution in [2.24, 2.45) is 5.92 Å². The summed E-state index contributed by atoms with van der Waals surface area (Å²) in [5, 5.41) is 5.11. The van der Waals surface area contributed by atoms with Crippen molar-refractivity contribution in [1.29, 1.82) is 0 Å². The fourth-order valence-corrected chi connectivity index (χ4v) is 3.49. The number of rotatable bonds is 3. The molecule has 2 aromatic rings. The minimum Gasteiger partial charge on any atom is -0.350 e. The second-order valence-corrected chi connectivity index (χ2v) is 6.32. The Bertz CT molecular complexity index is 628. The van der Waals surface area contributed by atoms with Gasteiger partial charge in [0.15, 0.2) is 4.96 Å². The molecular formula is C15H19N3OS. The highest BCUT2D eigenvalue weighted by atomic mass is 32.1. The Morgan fingerprint density at radius 2 is 2.35 bits per heavy atom. The van der Waals surface area contributed by atoms with Crippen LogP contribution in [-0.4, -0.2) is 21.3 Å². The largest absolute Gasteiger partial charge is 0.350 e. The molecule has 0 spiro atoms. The van der Waals surface area contributed by atoms with Gasteiger partial charge in [-0.05, 0) is 24.8 Å². The highest BCUT2D eigenvalue weighted by molar-refractivity contribution is 7.15. The Kier molecular flexibility index (Phi) is 3.87. The fraction of sp³-hybridized carbons (Fsp3) is 0.467. The zero-order chi connectivity index (χ0) is 13.9. The van der Waals surface area contributed by atoms with Gasteiger partial charge in [0.2, 0.25) is 5.91 Å². The molecule has 1 aliphatic carbocycles. The van der Waals surface area contributed by atoms with Gasteiger partial charge in [-0.1, -0.05) is 19.8 Å². The van der Waals surface area contributed by atoms with Gasteiger partial charge in [0.05, 0.1) is 11.9 Å². The van der Waals surface area contributed by atoms with Crippen LogP contribution < -0.4 is 5.32 Å². The lowest BCUT2D eigenvalue weighted by atomic mass is 9.86. The van der Waals surface area contributed by atoms with Gasteiger partial charge in [-0.2, -0.15) is 0 Å². The van der Waals surface area contributed by atoms with Crippen molar-refractivity contribution in [3.8, 4) is 0 Å². The summed E-state index contributed by atoms with van der Waals surface area (Å²) in [5.41, 5.74) is 0.938. The van der Waals surface area contributed by atoms with Gasteiger partial charge in [-0.15, -0.1) is 11.3 Å². The maximum atomic E-state index is 12.0. The van der Waals surface area contributed by atoms with Crippen LogP contribution in [0.5, 0.6) is 0 Å². The molecule has 5 heteroatoms. The molecule has 0 radical (unpaired) electrons. The molecule has 0 aliphatic heterocycles. The third-order valence-electron chi connectivity index (χ3n) is 4.02. The monoisotopic (exact) mass is 289 g/mol. The highest BCUT2D eigenvalue weighted by Crippen LogP contribution is 2.23. The number of hydrogen-bond donors (Lipinski definition) is 1. The van der Waals surface area contributed by atoms with Crippen LogP contribution in [0.4, 0.5) is 0 Å². The standard InChI is InChI=1S/C15H19N3OS/c1-11-4-2-3-5-13(11)17-14(19)7-6-12-10-16-15-18(12)8-9-20-15/h6-11,13H,2-5H2,1H3,(H,17,19)/b7-6+. The summed E-state index contributed by atoms with van der Waals surface area (Å²) in [5.74, 6) is 0.577. The van der Waals surface area contributed by atoms with Crippen molar-refractivity contribution in [1.82, 2.24) is 14.7 Å². The first-order valence-corrected chi connectivity index (χ1v) is 8.01. The van der Waals surface area contributed by atoms with Crippen LogP contribution in [0.15, 0.2) is 23.8 Å². The smallest absolute Gasteiger partial charge is 0.244 e. The van der Waals surface area contributed by atoms with Gasteiger partial charge in [-0.25, -0.2) is 4.98 Å². The van der Waals surface area contributed by atoms with E-state index in [1.54, 1.807) is 23.6 Å². The number of nitrogens with one attached hydrogen (secondary N) is 1. The molecule has 1 aliphatic rings. The Balaban J connectivity index is 1.63. The van der Waals surface area contributed by atoms with Crippen LogP contribution in [0.1, 0.15) is 38.3 Å². The summed E-state index contributed by atoms with van der Waals surface area (Å²) in [6.07, 6.45) is 12.0. The molecule has 0 aromatic carbocycles. The molecule has 3 rings (SSSR count). The van der Waals surface area contributed by atoms with E-state index in [-0.39, 0.29) is 5.91 Å². The number of nitrogens with zero attached hydrogens (tertiary/aromatic N) is 2. The SMILES string of the molecule is CC1CCCCC1NC(=O)/C=C/c1cnc2sccn12. The van der Waals surface area contributed by atoms with Crippen LogP contribution >= 0.6 is 11.3 Å². The van der Waals surface area contributed by atoms with Crippen molar-refractivity contribution in [3.05, 3.63) is 29.5 Å². The van der Waals surface area contributed by atoms with E-state index in [4.69, 9.17) is 0 Å². The van der Waals surface area contributed by atoms with E-state index in [1.807, 2.05) is 22.1 Å². The lowest BCUT2D eigenvalue weighted by Gasteiger charge is -2.29. The zero-order valence-electron chi connectivity index (χ0n) is 11.6. The predicted molar refractivity (Wildman–Crippen MR) is 81.7 cm³/mol. The molecule has 0 bridgehead atoms. The molecule has 20 heavy (non-hydrogen) atoms. The maximum absolute atomic E-state index is 12.0. The maximum Gasteiger partial charge on any atom is 0.244 e. The minimum atomic E-state index is -0.00562. The molecule has 1 fully saturated rings. The van der Waals surface area contributed by atoms with E-state index in [2.05, 4.69) is 17.2 Å². The van der Waals surface area contributed by atoms with Gasteiger partial charge in [0, 0.05) is 23.7 Å². The molecule has 1 N–H and O–H groups in total. The molecule has 2 atom stereocenters. The molecule has 2 aromatic heterocycles. The molecule has 4 nitrogen and oxygen atoms in total. The first kappa shape index (κ1) is 13.4. The van der Waals surface area contributed by atoms with Gasteiger partial charge < -0.3 is 5.32 Å². The summed E-state index contributed by atoms with van der Waals surface area (Å²) in [6.45, 7) is 2.22. The summed E-state index contributed by atoms with van der Waals surface area (Å²) in [7, 11) is 0. The first-order valence-electron chi connectivity index (χ1n) is 7.13. The number of amides is 1. The lowest BCUT2D eigenvalue weighted by Crippen LogP contribution is -2.40. The van der Waals surface area contributed by atoms with E-state index < -0.39 is 0 Å².